The molecule has 6 nitrogen and oxygen atoms in total. The highest BCUT2D eigenvalue weighted by atomic mass is 16.5. The predicted octanol–water partition coefficient (Wildman–Crippen LogP) is 0.504. The van der Waals surface area contributed by atoms with Crippen LogP contribution in [0.2, 0.25) is 0 Å². The van der Waals surface area contributed by atoms with E-state index < -0.39 is 6.10 Å². The van der Waals surface area contributed by atoms with Crippen LogP contribution in [0.3, 0.4) is 0 Å². The first-order chi connectivity index (χ1) is 11.1. The van der Waals surface area contributed by atoms with Crippen LogP contribution in [-0.2, 0) is 11.3 Å². The number of nitrogens with zero attached hydrogens (tertiary/aromatic N) is 1. The van der Waals surface area contributed by atoms with Gasteiger partial charge < -0.3 is 25.6 Å². The number of aliphatic hydroxyl groups excluding tert-OH is 2. The monoisotopic (exact) mass is 322 g/mol. The fourth-order valence-electron chi connectivity index (χ4n) is 3.08. The molecule has 0 radical (unpaired) electrons. The van der Waals surface area contributed by atoms with Crippen LogP contribution in [0.15, 0.2) is 24.3 Å². The minimum atomic E-state index is -0.639. The van der Waals surface area contributed by atoms with Crippen molar-refractivity contribution >= 4 is 5.91 Å². The normalized spacial score (nSPS) is 24.3. The number of carbonyl (C=O) groups excluding carboxylic acids is 1. The van der Waals surface area contributed by atoms with Crippen LogP contribution in [0.4, 0.5) is 0 Å². The van der Waals surface area contributed by atoms with Crippen molar-refractivity contribution in [2.24, 2.45) is 11.7 Å². The first-order valence-corrected chi connectivity index (χ1v) is 8.02. The van der Waals surface area contributed by atoms with Crippen molar-refractivity contribution in [2.45, 2.75) is 38.0 Å². The summed E-state index contributed by atoms with van der Waals surface area (Å²) in [5, 5.41) is 19.2. The summed E-state index contributed by atoms with van der Waals surface area (Å²) < 4.78 is 5.32. The summed E-state index contributed by atoms with van der Waals surface area (Å²) >= 11 is 0. The Hall–Kier alpha value is -1.63. The van der Waals surface area contributed by atoms with Crippen molar-refractivity contribution in [1.82, 2.24) is 4.90 Å². The lowest BCUT2D eigenvalue weighted by Gasteiger charge is -2.33. The maximum absolute atomic E-state index is 12.8. The van der Waals surface area contributed by atoms with Gasteiger partial charge in [0.05, 0.1) is 19.8 Å². The Bertz CT molecular complexity index is 523. The van der Waals surface area contributed by atoms with Crippen molar-refractivity contribution in [3.8, 4) is 5.75 Å². The number of amides is 1. The van der Waals surface area contributed by atoms with Crippen LogP contribution in [0, 0.1) is 5.92 Å². The zero-order chi connectivity index (χ0) is 16.8. The number of hydrogen-bond donors (Lipinski definition) is 3. The summed E-state index contributed by atoms with van der Waals surface area (Å²) in [4.78, 5) is 14.4. The molecule has 1 aromatic rings. The quantitative estimate of drug-likeness (QED) is 0.709. The highest BCUT2D eigenvalue weighted by Crippen LogP contribution is 2.27. The van der Waals surface area contributed by atoms with Gasteiger partial charge >= 0.3 is 0 Å². The molecule has 0 aromatic heterocycles. The van der Waals surface area contributed by atoms with Crippen molar-refractivity contribution in [1.29, 1.82) is 0 Å². The van der Waals surface area contributed by atoms with Gasteiger partial charge in [0.2, 0.25) is 5.91 Å². The van der Waals surface area contributed by atoms with Gasteiger partial charge in [0.1, 0.15) is 5.75 Å². The first-order valence-electron chi connectivity index (χ1n) is 8.02. The maximum atomic E-state index is 12.8. The number of hydrogen-bond acceptors (Lipinski definition) is 5. The Morgan fingerprint density at radius 1 is 1.39 bits per heavy atom. The molecule has 1 aliphatic carbocycles. The van der Waals surface area contributed by atoms with Crippen LogP contribution in [0.25, 0.3) is 0 Å². The molecule has 2 rings (SSSR count). The Balaban J connectivity index is 2.09. The zero-order valence-corrected chi connectivity index (χ0v) is 13.5. The average molecular weight is 322 g/mol. The third-order valence-corrected chi connectivity index (χ3v) is 4.45. The van der Waals surface area contributed by atoms with E-state index in [0.29, 0.717) is 31.6 Å². The van der Waals surface area contributed by atoms with Gasteiger partial charge in [-0.2, -0.15) is 0 Å². The average Bonchev–Trinajstić information content (AvgIpc) is 2.56. The molecule has 3 atom stereocenters. The molecule has 128 valence electrons. The predicted molar refractivity (Wildman–Crippen MR) is 86.8 cm³/mol. The van der Waals surface area contributed by atoms with Crippen molar-refractivity contribution in [2.75, 3.05) is 20.3 Å². The van der Waals surface area contributed by atoms with Crippen LogP contribution in [0.5, 0.6) is 5.75 Å². The lowest BCUT2D eigenvalue weighted by atomic mass is 9.83. The molecule has 1 fully saturated rings. The highest BCUT2D eigenvalue weighted by molar-refractivity contribution is 5.79. The zero-order valence-electron chi connectivity index (χ0n) is 13.5. The van der Waals surface area contributed by atoms with E-state index in [1.54, 1.807) is 12.0 Å². The Kier molecular flexibility index (Phi) is 6.38. The highest BCUT2D eigenvalue weighted by Gasteiger charge is 2.33. The Labute approximate surface area is 136 Å². The molecule has 0 heterocycles. The van der Waals surface area contributed by atoms with Gasteiger partial charge in [-0.25, -0.2) is 0 Å². The van der Waals surface area contributed by atoms with E-state index >= 15 is 0 Å². The summed E-state index contributed by atoms with van der Waals surface area (Å²) in [5.74, 6) is 0.427. The minimum absolute atomic E-state index is 0.0455. The van der Waals surface area contributed by atoms with Gasteiger partial charge in [0, 0.05) is 30.6 Å². The molecule has 1 amide bonds. The minimum Gasteiger partial charge on any atom is -0.496 e. The second-order valence-electron chi connectivity index (χ2n) is 6.04. The number of nitrogens with two attached hydrogens (primary N) is 1. The van der Waals surface area contributed by atoms with E-state index in [0.717, 1.165) is 5.56 Å². The maximum Gasteiger partial charge on any atom is 0.226 e. The molecule has 1 aromatic carbocycles. The number of rotatable bonds is 6. The van der Waals surface area contributed by atoms with Crippen LogP contribution >= 0.6 is 0 Å². The molecule has 0 saturated heterocycles. The summed E-state index contributed by atoms with van der Waals surface area (Å²) in [6, 6.07) is 7.27. The molecule has 23 heavy (non-hydrogen) atoms. The third-order valence-electron chi connectivity index (χ3n) is 4.45. The summed E-state index contributed by atoms with van der Waals surface area (Å²) in [7, 11) is 1.59. The fraction of sp³-hybridized carbons (Fsp3) is 0.588. The van der Waals surface area contributed by atoms with Gasteiger partial charge in [0.15, 0.2) is 0 Å². The third kappa shape index (κ3) is 4.43. The molecular weight excluding hydrogens is 296 g/mol. The lowest BCUT2D eigenvalue weighted by Crippen LogP contribution is -2.46. The number of para-hydroxylation sites is 1. The van der Waals surface area contributed by atoms with Crippen LogP contribution < -0.4 is 10.5 Å². The summed E-state index contributed by atoms with van der Waals surface area (Å²) in [6.45, 7) is 0.535. The first kappa shape index (κ1) is 17.7. The number of aliphatic hydroxyl groups is 2. The summed E-state index contributed by atoms with van der Waals surface area (Å²) in [5.41, 5.74) is 6.70. The van der Waals surface area contributed by atoms with Crippen LogP contribution in [0.1, 0.15) is 24.8 Å². The standard InChI is InChI=1S/C17H26N2O4/c1-23-16-5-3-2-4-13(16)11-19(8-9-20)17(22)12-6-7-14(18)15(21)10-12/h2-5,12,14-15,20-21H,6-11,18H2,1H3/t12-,14+,15+/m0/s1. The molecule has 1 saturated carbocycles. The van der Waals surface area contributed by atoms with Crippen LogP contribution in [-0.4, -0.2) is 53.4 Å². The van der Waals surface area contributed by atoms with Gasteiger partial charge in [0.25, 0.3) is 0 Å². The molecule has 0 bridgehead atoms. The number of methoxy groups -OCH3 is 1. The smallest absolute Gasteiger partial charge is 0.226 e. The Morgan fingerprint density at radius 3 is 2.78 bits per heavy atom. The SMILES string of the molecule is COc1ccccc1CN(CCO)C(=O)[C@H]1CC[C@@H](N)[C@H](O)C1. The van der Waals surface area contributed by atoms with Gasteiger partial charge in [-0.15, -0.1) is 0 Å². The number of benzene rings is 1. The van der Waals surface area contributed by atoms with Gasteiger partial charge in [-0.05, 0) is 25.3 Å². The van der Waals surface area contributed by atoms with E-state index in [2.05, 4.69) is 0 Å². The lowest BCUT2D eigenvalue weighted by molar-refractivity contribution is -0.139. The topological polar surface area (TPSA) is 96.0 Å². The number of carbonyl (C=O) groups is 1. The molecular formula is C17H26N2O4. The van der Waals surface area contributed by atoms with E-state index in [1.165, 1.54) is 0 Å². The second-order valence-corrected chi connectivity index (χ2v) is 6.04. The van der Waals surface area contributed by atoms with Gasteiger partial charge in [-0.3, -0.25) is 4.79 Å². The van der Waals surface area contributed by atoms with E-state index in [1.807, 2.05) is 24.3 Å². The summed E-state index contributed by atoms with van der Waals surface area (Å²) in [6.07, 6.45) is 1.05. The number of ether oxygens (including phenoxy) is 1. The molecule has 4 N–H and O–H groups in total. The molecule has 0 aliphatic heterocycles. The van der Waals surface area contributed by atoms with Crippen molar-refractivity contribution in [3.63, 3.8) is 0 Å². The van der Waals surface area contributed by atoms with E-state index in [-0.39, 0.29) is 31.0 Å². The van der Waals surface area contributed by atoms with Gasteiger partial charge in [-0.1, -0.05) is 18.2 Å². The molecule has 1 aliphatic rings. The molecule has 0 unspecified atom stereocenters. The largest absolute Gasteiger partial charge is 0.496 e. The molecule has 0 spiro atoms. The van der Waals surface area contributed by atoms with E-state index in [9.17, 15) is 15.0 Å². The van der Waals surface area contributed by atoms with E-state index in [4.69, 9.17) is 10.5 Å². The molecule has 6 heteroatoms. The van der Waals surface area contributed by atoms with Crippen molar-refractivity contribution in [3.05, 3.63) is 29.8 Å². The second kappa shape index (κ2) is 8.29. The fourth-order valence-corrected chi connectivity index (χ4v) is 3.08. The Morgan fingerprint density at radius 2 is 2.13 bits per heavy atom. The van der Waals surface area contributed by atoms with Crippen molar-refractivity contribution < 1.29 is 19.7 Å².